The third-order valence-corrected chi connectivity index (χ3v) is 2.86. The van der Waals surface area contributed by atoms with E-state index in [2.05, 4.69) is 29.6 Å². The van der Waals surface area contributed by atoms with Gasteiger partial charge in [0.2, 0.25) is 0 Å². The van der Waals surface area contributed by atoms with Crippen molar-refractivity contribution in [3.05, 3.63) is 61.4 Å². The van der Waals surface area contributed by atoms with Gasteiger partial charge in [-0.05, 0) is 11.6 Å². The number of benzene rings is 1. The lowest BCUT2D eigenvalue weighted by Crippen LogP contribution is -2.03. The number of para-hydroxylation sites is 1. The summed E-state index contributed by atoms with van der Waals surface area (Å²) in [6.45, 7) is 8.21. The lowest BCUT2D eigenvalue weighted by atomic mass is 10.2. The summed E-state index contributed by atoms with van der Waals surface area (Å²) >= 11 is 0. The van der Waals surface area contributed by atoms with Crippen LogP contribution in [-0.4, -0.2) is 16.8 Å². The van der Waals surface area contributed by atoms with Gasteiger partial charge in [-0.25, -0.2) is 0 Å². The summed E-state index contributed by atoms with van der Waals surface area (Å²) in [5, 5.41) is 8.75. The zero-order valence-corrected chi connectivity index (χ0v) is 10.6. The van der Waals surface area contributed by atoms with Gasteiger partial charge in [0.15, 0.2) is 0 Å². The largest absolute Gasteiger partial charge is 0.386 e. The molecule has 1 aromatic carbocycles. The van der Waals surface area contributed by atoms with Crippen LogP contribution in [0.5, 0.6) is 0 Å². The van der Waals surface area contributed by atoms with Crippen LogP contribution in [0.2, 0.25) is 0 Å². The van der Waals surface area contributed by atoms with Gasteiger partial charge in [0.25, 0.3) is 0 Å². The van der Waals surface area contributed by atoms with Crippen molar-refractivity contribution < 1.29 is 0 Å². The minimum atomic E-state index is 0.692. The number of aromatic nitrogens is 2. The minimum Gasteiger partial charge on any atom is -0.386 e. The summed E-state index contributed by atoms with van der Waals surface area (Å²) in [6, 6.07) is 6.13. The highest BCUT2D eigenvalue weighted by Crippen LogP contribution is 2.23. The molecule has 2 rings (SSSR count). The predicted octanol–water partition coefficient (Wildman–Crippen LogP) is 3.38. The Labute approximate surface area is 107 Å². The lowest BCUT2D eigenvalue weighted by Gasteiger charge is -2.08. The first-order valence-corrected chi connectivity index (χ1v) is 5.86. The molecule has 0 unspecified atom stereocenters. The first-order chi connectivity index (χ1) is 8.80. The highest BCUT2D eigenvalue weighted by Gasteiger charge is 2.07. The summed E-state index contributed by atoms with van der Waals surface area (Å²) in [5.41, 5.74) is 3.27. The lowest BCUT2D eigenvalue weighted by molar-refractivity contribution is 0.712. The van der Waals surface area contributed by atoms with E-state index < -0.39 is 0 Å². The molecule has 0 bridgehead atoms. The third kappa shape index (κ3) is 2.20. The van der Waals surface area contributed by atoms with Crippen molar-refractivity contribution in [1.82, 2.24) is 9.78 Å². The van der Waals surface area contributed by atoms with E-state index in [0.717, 1.165) is 22.2 Å². The van der Waals surface area contributed by atoms with E-state index in [1.54, 1.807) is 6.08 Å². The number of anilines is 1. The van der Waals surface area contributed by atoms with Gasteiger partial charge in [-0.15, -0.1) is 0 Å². The summed E-state index contributed by atoms with van der Waals surface area (Å²) in [7, 11) is 1.92. The van der Waals surface area contributed by atoms with E-state index in [-0.39, 0.29) is 0 Å². The quantitative estimate of drug-likeness (QED) is 0.811. The van der Waals surface area contributed by atoms with Crippen molar-refractivity contribution in [2.75, 3.05) is 12.4 Å². The molecule has 3 nitrogen and oxygen atoms in total. The molecular formula is C15H17N3. The monoisotopic (exact) mass is 239 g/mol. The molecule has 1 aromatic heterocycles. The average molecular weight is 239 g/mol. The minimum absolute atomic E-state index is 0.692. The number of fused-ring (bicyclic) bond motifs is 1. The van der Waals surface area contributed by atoms with Crippen molar-refractivity contribution >= 4 is 16.6 Å². The van der Waals surface area contributed by atoms with Crippen molar-refractivity contribution in [3.8, 4) is 0 Å². The van der Waals surface area contributed by atoms with Gasteiger partial charge in [0.05, 0.1) is 23.9 Å². The summed E-state index contributed by atoms with van der Waals surface area (Å²) < 4.78 is 1.97. The maximum absolute atomic E-state index is 4.43. The van der Waals surface area contributed by atoms with Crippen LogP contribution in [0.1, 0.15) is 0 Å². The van der Waals surface area contributed by atoms with Crippen LogP contribution in [0.4, 0.5) is 5.69 Å². The number of nitrogens with zero attached hydrogens (tertiary/aromatic N) is 2. The fourth-order valence-electron chi connectivity index (χ4n) is 1.97. The molecule has 0 aliphatic heterocycles. The molecule has 0 aliphatic rings. The van der Waals surface area contributed by atoms with Gasteiger partial charge in [0.1, 0.15) is 0 Å². The molecule has 0 fully saturated rings. The summed E-state index contributed by atoms with van der Waals surface area (Å²) in [5.74, 6) is 0. The predicted molar refractivity (Wildman–Crippen MR) is 77.8 cm³/mol. The topological polar surface area (TPSA) is 29.9 Å². The van der Waals surface area contributed by atoms with Crippen molar-refractivity contribution in [2.24, 2.45) is 0 Å². The van der Waals surface area contributed by atoms with Gasteiger partial charge in [-0.2, -0.15) is 5.10 Å². The molecule has 0 aliphatic carbocycles. The number of allylic oxidation sites excluding steroid dienone is 4. The summed E-state index contributed by atoms with van der Waals surface area (Å²) in [6.07, 6.45) is 7.42. The molecule has 92 valence electrons. The van der Waals surface area contributed by atoms with Crippen LogP contribution < -0.4 is 5.32 Å². The van der Waals surface area contributed by atoms with Gasteiger partial charge in [-0.3, -0.25) is 4.68 Å². The van der Waals surface area contributed by atoms with E-state index in [1.165, 1.54) is 0 Å². The highest BCUT2D eigenvalue weighted by atomic mass is 15.3. The molecule has 0 amide bonds. The first-order valence-electron chi connectivity index (χ1n) is 5.86. The van der Waals surface area contributed by atoms with Crippen LogP contribution >= 0.6 is 0 Å². The van der Waals surface area contributed by atoms with E-state index in [9.17, 15) is 0 Å². The average Bonchev–Trinajstić information content (AvgIpc) is 2.81. The highest BCUT2D eigenvalue weighted by molar-refractivity contribution is 5.90. The van der Waals surface area contributed by atoms with Crippen molar-refractivity contribution in [3.63, 3.8) is 0 Å². The second-order valence-electron chi connectivity index (χ2n) is 3.98. The van der Waals surface area contributed by atoms with Gasteiger partial charge >= 0.3 is 0 Å². The maximum atomic E-state index is 4.43. The van der Waals surface area contributed by atoms with Crippen molar-refractivity contribution in [1.29, 1.82) is 0 Å². The molecule has 3 heteroatoms. The SMILES string of the molecule is C=C/C=C(\C=C)Cn1ncc2cccc(NC)c21. The van der Waals surface area contributed by atoms with E-state index in [0.29, 0.717) is 6.54 Å². The zero-order chi connectivity index (χ0) is 13.0. The third-order valence-electron chi connectivity index (χ3n) is 2.86. The number of hydrogen-bond acceptors (Lipinski definition) is 2. The van der Waals surface area contributed by atoms with Gasteiger partial charge < -0.3 is 5.32 Å². The number of hydrogen-bond donors (Lipinski definition) is 1. The Bertz CT molecular complexity index is 605. The molecule has 0 saturated carbocycles. The Kier molecular flexibility index (Phi) is 3.63. The first kappa shape index (κ1) is 12.2. The Morgan fingerprint density at radius 1 is 1.44 bits per heavy atom. The molecule has 0 saturated heterocycles. The van der Waals surface area contributed by atoms with E-state index >= 15 is 0 Å². The Morgan fingerprint density at radius 3 is 2.94 bits per heavy atom. The molecule has 1 N–H and O–H groups in total. The van der Waals surface area contributed by atoms with Crippen molar-refractivity contribution in [2.45, 2.75) is 6.54 Å². The smallest absolute Gasteiger partial charge is 0.0917 e. The Morgan fingerprint density at radius 2 is 2.28 bits per heavy atom. The normalized spacial score (nSPS) is 11.5. The van der Waals surface area contributed by atoms with Crippen LogP contribution in [-0.2, 0) is 6.54 Å². The standard InChI is InChI=1S/C15H17N3/c1-4-7-12(5-2)11-18-15-13(10-17-18)8-6-9-14(15)16-3/h4-10,16H,1-2,11H2,3H3/b12-7+. The second kappa shape index (κ2) is 5.36. The Balaban J connectivity index is 2.48. The molecule has 18 heavy (non-hydrogen) atoms. The van der Waals surface area contributed by atoms with E-state index in [4.69, 9.17) is 0 Å². The second-order valence-corrected chi connectivity index (χ2v) is 3.98. The molecule has 0 radical (unpaired) electrons. The molecular weight excluding hydrogens is 222 g/mol. The van der Waals surface area contributed by atoms with Crippen LogP contribution in [0.15, 0.2) is 61.4 Å². The summed E-state index contributed by atoms with van der Waals surface area (Å²) in [4.78, 5) is 0. The Hall–Kier alpha value is -2.29. The number of rotatable bonds is 5. The molecule has 2 aromatic rings. The molecule has 1 heterocycles. The van der Waals surface area contributed by atoms with E-state index in [1.807, 2.05) is 42.2 Å². The fraction of sp³-hybridized carbons (Fsp3) is 0.133. The molecule has 0 spiro atoms. The van der Waals surface area contributed by atoms with Crippen LogP contribution in [0.25, 0.3) is 10.9 Å². The zero-order valence-electron chi connectivity index (χ0n) is 10.6. The van der Waals surface area contributed by atoms with Crippen LogP contribution in [0, 0.1) is 0 Å². The van der Waals surface area contributed by atoms with Gasteiger partial charge in [0, 0.05) is 12.4 Å². The fourth-order valence-corrected chi connectivity index (χ4v) is 1.97. The molecule has 0 atom stereocenters. The maximum Gasteiger partial charge on any atom is 0.0917 e. The van der Waals surface area contributed by atoms with Crippen LogP contribution in [0.3, 0.4) is 0 Å². The number of nitrogens with one attached hydrogen (secondary N) is 1. The van der Waals surface area contributed by atoms with Gasteiger partial charge in [-0.1, -0.05) is 43.5 Å².